The topological polar surface area (TPSA) is 62.5 Å². The number of rotatable bonds is 4. The molecule has 0 saturated carbocycles. The van der Waals surface area contributed by atoms with Crippen LogP contribution in [0.3, 0.4) is 0 Å². The summed E-state index contributed by atoms with van der Waals surface area (Å²) in [5, 5.41) is 3.96. The van der Waals surface area contributed by atoms with E-state index in [2.05, 4.69) is 15.0 Å². The first-order valence-corrected chi connectivity index (χ1v) is 9.26. The van der Waals surface area contributed by atoms with E-state index in [4.69, 9.17) is 4.52 Å². The Morgan fingerprint density at radius 3 is 2.57 bits per heavy atom. The van der Waals surface area contributed by atoms with Gasteiger partial charge in [0.25, 0.3) is 5.91 Å². The summed E-state index contributed by atoms with van der Waals surface area (Å²) in [6.07, 6.45) is 0. The summed E-state index contributed by atoms with van der Waals surface area (Å²) in [5.41, 5.74) is 1.88. The van der Waals surface area contributed by atoms with E-state index >= 15 is 0 Å². The Balaban J connectivity index is 1.35. The quantitative estimate of drug-likeness (QED) is 0.696. The van der Waals surface area contributed by atoms with Gasteiger partial charge in [-0.25, -0.2) is 4.39 Å². The minimum atomic E-state index is -0.289. The van der Waals surface area contributed by atoms with Crippen molar-refractivity contribution in [2.45, 2.75) is 13.5 Å². The number of hydrogen-bond donors (Lipinski definition) is 0. The third-order valence-electron chi connectivity index (χ3n) is 4.94. The molecule has 0 atom stereocenters. The number of piperazine rings is 1. The SMILES string of the molecule is Cc1ccc(-c2noc(CN3CCN(C(=O)c4ccccc4)CC3)n2)cc1F. The van der Waals surface area contributed by atoms with Gasteiger partial charge >= 0.3 is 0 Å². The van der Waals surface area contributed by atoms with Gasteiger partial charge in [-0.05, 0) is 30.7 Å². The Hall–Kier alpha value is -3.06. The fourth-order valence-corrected chi connectivity index (χ4v) is 3.23. The zero-order valence-corrected chi connectivity index (χ0v) is 15.6. The number of halogens is 1. The lowest BCUT2D eigenvalue weighted by atomic mass is 10.1. The molecule has 0 spiro atoms. The van der Waals surface area contributed by atoms with Crippen LogP contribution in [0.25, 0.3) is 11.4 Å². The van der Waals surface area contributed by atoms with Gasteiger partial charge in [0, 0.05) is 37.3 Å². The molecule has 1 fully saturated rings. The third-order valence-corrected chi connectivity index (χ3v) is 4.94. The Morgan fingerprint density at radius 1 is 1.11 bits per heavy atom. The van der Waals surface area contributed by atoms with Crippen LogP contribution in [0.15, 0.2) is 53.1 Å². The van der Waals surface area contributed by atoms with Crippen LogP contribution in [0.1, 0.15) is 21.8 Å². The summed E-state index contributed by atoms with van der Waals surface area (Å²) in [4.78, 5) is 20.9. The summed E-state index contributed by atoms with van der Waals surface area (Å²) in [6.45, 7) is 4.98. The normalized spacial score (nSPS) is 15.0. The number of benzene rings is 2. The summed E-state index contributed by atoms with van der Waals surface area (Å²) in [5.74, 6) is 0.635. The molecule has 1 amide bonds. The van der Waals surface area contributed by atoms with Gasteiger partial charge in [0.2, 0.25) is 11.7 Å². The maximum Gasteiger partial charge on any atom is 0.253 e. The number of amides is 1. The van der Waals surface area contributed by atoms with E-state index in [-0.39, 0.29) is 11.7 Å². The van der Waals surface area contributed by atoms with Crippen LogP contribution in [0.4, 0.5) is 4.39 Å². The van der Waals surface area contributed by atoms with Crippen LogP contribution in [0, 0.1) is 12.7 Å². The molecule has 6 nitrogen and oxygen atoms in total. The lowest BCUT2D eigenvalue weighted by Crippen LogP contribution is -2.48. The Bertz CT molecular complexity index is 966. The van der Waals surface area contributed by atoms with Crippen molar-refractivity contribution in [2.75, 3.05) is 26.2 Å². The minimum absolute atomic E-state index is 0.0572. The van der Waals surface area contributed by atoms with E-state index in [1.807, 2.05) is 35.2 Å². The first-order chi connectivity index (χ1) is 13.6. The zero-order chi connectivity index (χ0) is 19.5. The van der Waals surface area contributed by atoms with Crippen molar-refractivity contribution in [3.63, 3.8) is 0 Å². The van der Waals surface area contributed by atoms with Crippen LogP contribution in [0.2, 0.25) is 0 Å². The molecule has 4 rings (SSSR count). The number of carbonyl (C=O) groups is 1. The molecule has 1 aliphatic heterocycles. The van der Waals surface area contributed by atoms with Crippen molar-refractivity contribution in [1.29, 1.82) is 0 Å². The molecule has 0 bridgehead atoms. The Morgan fingerprint density at radius 2 is 1.86 bits per heavy atom. The standard InChI is InChI=1S/C21H21FN4O2/c1-15-7-8-17(13-18(15)22)20-23-19(28-24-20)14-25-9-11-26(12-10-25)21(27)16-5-3-2-4-6-16/h2-8,13H,9-12,14H2,1H3. The molecule has 2 heterocycles. The lowest BCUT2D eigenvalue weighted by Gasteiger charge is -2.34. The second kappa shape index (κ2) is 7.90. The minimum Gasteiger partial charge on any atom is -0.338 e. The van der Waals surface area contributed by atoms with Gasteiger partial charge in [0.05, 0.1) is 6.54 Å². The summed E-state index contributed by atoms with van der Waals surface area (Å²) in [7, 11) is 0. The maximum atomic E-state index is 13.7. The highest BCUT2D eigenvalue weighted by Crippen LogP contribution is 2.20. The van der Waals surface area contributed by atoms with Gasteiger partial charge < -0.3 is 9.42 Å². The Labute approximate surface area is 162 Å². The summed E-state index contributed by atoms with van der Waals surface area (Å²) >= 11 is 0. The fraction of sp³-hybridized carbons (Fsp3) is 0.286. The molecule has 2 aromatic carbocycles. The second-order valence-electron chi connectivity index (χ2n) is 6.91. The molecule has 3 aromatic rings. The van der Waals surface area contributed by atoms with E-state index in [0.29, 0.717) is 48.0 Å². The molecule has 0 unspecified atom stereocenters. The van der Waals surface area contributed by atoms with Crippen molar-refractivity contribution < 1.29 is 13.7 Å². The molecule has 1 aromatic heterocycles. The molecule has 7 heteroatoms. The third kappa shape index (κ3) is 3.94. The second-order valence-corrected chi connectivity index (χ2v) is 6.91. The monoisotopic (exact) mass is 380 g/mol. The van der Waals surface area contributed by atoms with E-state index in [1.165, 1.54) is 6.07 Å². The van der Waals surface area contributed by atoms with Crippen molar-refractivity contribution in [3.05, 3.63) is 71.4 Å². The van der Waals surface area contributed by atoms with Gasteiger partial charge in [-0.3, -0.25) is 9.69 Å². The fourth-order valence-electron chi connectivity index (χ4n) is 3.23. The number of carbonyl (C=O) groups excluding carboxylic acids is 1. The smallest absolute Gasteiger partial charge is 0.253 e. The predicted octanol–water partition coefficient (Wildman–Crippen LogP) is 3.14. The average molecular weight is 380 g/mol. The van der Waals surface area contributed by atoms with Gasteiger partial charge in [0.15, 0.2) is 0 Å². The molecule has 0 radical (unpaired) electrons. The highest BCUT2D eigenvalue weighted by atomic mass is 19.1. The summed E-state index contributed by atoms with van der Waals surface area (Å²) < 4.78 is 19.1. The van der Waals surface area contributed by atoms with Gasteiger partial charge in [-0.15, -0.1) is 0 Å². The predicted molar refractivity (Wildman–Crippen MR) is 102 cm³/mol. The van der Waals surface area contributed by atoms with Crippen molar-refractivity contribution in [3.8, 4) is 11.4 Å². The van der Waals surface area contributed by atoms with Crippen LogP contribution < -0.4 is 0 Å². The van der Waals surface area contributed by atoms with Crippen molar-refractivity contribution >= 4 is 5.91 Å². The van der Waals surface area contributed by atoms with Crippen LogP contribution in [0.5, 0.6) is 0 Å². The number of aryl methyl sites for hydroxylation is 1. The van der Waals surface area contributed by atoms with Gasteiger partial charge in [0.1, 0.15) is 5.82 Å². The molecular weight excluding hydrogens is 359 g/mol. The first kappa shape index (κ1) is 18.3. The van der Waals surface area contributed by atoms with Crippen LogP contribution in [-0.2, 0) is 6.54 Å². The highest BCUT2D eigenvalue weighted by molar-refractivity contribution is 5.94. The first-order valence-electron chi connectivity index (χ1n) is 9.26. The molecule has 1 saturated heterocycles. The lowest BCUT2D eigenvalue weighted by molar-refractivity contribution is 0.0615. The Kier molecular flexibility index (Phi) is 5.16. The molecule has 144 valence electrons. The maximum absolute atomic E-state index is 13.7. The molecular formula is C21H21FN4O2. The van der Waals surface area contributed by atoms with E-state index < -0.39 is 0 Å². The number of aromatic nitrogens is 2. The van der Waals surface area contributed by atoms with Gasteiger partial charge in [-0.2, -0.15) is 4.98 Å². The molecule has 0 N–H and O–H groups in total. The summed E-state index contributed by atoms with van der Waals surface area (Å²) in [6, 6.07) is 14.2. The van der Waals surface area contributed by atoms with Crippen LogP contribution >= 0.6 is 0 Å². The average Bonchev–Trinajstić information content (AvgIpc) is 3.19. The van der Waals surface area contributed by atoms with Gasteiger partial charge in [-0.1, -0.05) is 35.5 Å². The molecule has 0 aliphatic carbocycles. The number of hydrogen-bond acceptors (Lipinski definition) is 5. The molecule has 28 heavy (non-hydrogen) atoms. The van der Waals surface area contributed by atoms with Crippen LogP contribution in [-0.4, -0.2) is 52.0 Å². The van der Waals surface area contributed by atoms with E-state index in [1.54, 1.807) is 19.1 Å². The van der Waals surface area contributed by atoms with Crippen molar-refractivity contribution in [2.24, 2.45) is 0 Å². The highest BCUT2D eigenvalue weighted by Gasteiger charge is 2.23. The van der Waals surface area contributed by atoms with Crippen molar-refractivity contribution in [1.82, 2.24) is 19.9 Å². The van der Waals surface area contributed by atoms with E-state index in [9.17, 15) is 9.18 Å². The van der Waals surface area contributed by atoms with E-state index in [0.717, 1.165) is 13.1 Å². The zero-order valence-electron chi connectivity index (χ0n) is 15.6. The molecule has 1 aliphatic rings. The largest absolute Gasteiger partial charge is 0.338 e. The number of nitrogens with zero attached hydrogens (tertiary/aromatic N) is 4.